The van der Waals surface area contributed by atoms with Crippen LogP contribution in [-0.2, 0) is 27.7 Å². The highest BCUT2D eigenvalue weighted by atomic mass is 32.2. The molecule has 0 heterocycles. The lowest BCUT2D eigenvalue weighted by molar-refractivity contribution is -0.124. The van der Waals surface area contributed by atoms with Crippen LogP contribution in [0, 0.1) is 0 Å². The van der Waals surface area contributed by atoms with E-state index >= 15 is 0 Å². The molecule has 26 heavy (non-hydrogen) atoms. The SMILES string of the molecule is CCN(C)C(C(=O)NS(=O)(=O)c1ccc2c(c1)CCC2)c1ccccc1. The van der Waals surface area contributed by atoms with Crippen LogP contribution >= 0.6 is 0 Å². The van der Waals surface area contributed by atoms with E-state index in [0.717, 1.165) is 30.4 Å². The van der Waals surface area contributed by atoms with Crippen LogP contribution in [-0.4, -0.2) is 32.8 Å². The number of carbonyl (C=O) groups excluding carboxylic acids is 1. The maximum absolute atomic E-state index is 12.8. The fourth-order valence-corrected chi connectivity index (χ4v) is 4.43. The number of sulfonamides is 1. The van der Waals surface area contributed by atoms with Crippen LogP contribution in [0.2, 0.25) is 0 Å². The Labute approximate surface area is 155 Å². The van der Waals surface area contributed by atoms with Crippen molar-refractivity contribution >= 4 is 15.9 Å². The number of hydrogen-bond donors (Lipinski definition) is 1. The number of nitrogens with one attached hydrogen (secondary N) is 1. The molecular weight excluding hydrogens is 348 g/mol. The number of fused-ring (bicyclic) bond motifs is 1. The predicted octanol–water partition coefficient (Wildman–Crippen LogP) is 2.67. The van der Waals surface area contributed by atoms with Crippen LogP contribution in [0.4, 0.5) is 0 Å². The van der Waals surface area contributed by atoms with Crippen molar-refractivity contribution in [3.8, 4) is 0 Å². The molecule has 0 saturated heterocycles. The second kappa shape index (κ2) is 7.60. The molecule has 0 aromatic heterocycles. The number of hydrogen-bond acceptors (Lipinski definition) is 4. The molecule has 0 spiro atoms. The van der Waals surface area contributed by atoms with Crippen molar-refractivity contribution in [2.45, 2.75) is 37.1 Å². The Morgan fingerprint density at radius 1 is 1.12 bits per heavy atom. The predicted molar refractivity (Wildman–Crippen MR) is 101 cm³/mol. The van der Waals surface area contributed by atoms with E-state index in [0.29, 0.717) is 6.54 Å². The Balaban J connectivity index is 1.86. The monoisotopic (exact) mass is 372 g/mol. The quantitative estimate of drug-likeness (QED) is 0.847. The molecular formula is C20H24N2O3S. The third kappa shape index (κ3) is 3.81. The summed E-state index contributed by atoms with van der Waals surface area (Å²) in [6, 6.07) is 13.7. The van der Waals surface area contributed by atoms with Crippen molar-refractivity contribution < 1.29 is 13.2 Å². The Bertz CT molecular complexity index is 895. The number of aryl methyl sites for hydroxylation is 2. The maximum Gasteiger partial charge on any atom is 0.264 e. The second-order valence-corrected chi connectivity index (χ2v) is 8.32. The Kier molecular flexibility index (Phi) is 5.44. The van der Waals surface area contributed by atoms with E-state index in [9.17, 15) is 13.2 Å². The Hall–Kier alpha value is -2.18. The van der Waals surface area contributed by atoms with E-state index in [1.54, 1.807) is 19.2 Å². The lowest BCUT2D eigenvalue weighted by Crippen LogP contribution is -2.41. The van der Waals surface area contributed by atoms with Gasteiger partial charge in [-0.25, -0.2) is 13.1 Å². The zero-order valence-corrected chi connectivity index (χ0v) is 15.9. The minimum Gasteiger partial charge on any atom is -0.292 e. The minimum absolute atomic E-state index is 0.150. The van der Waals surface area contributed by atoms with Gasteiger partial charge in [0.1, 0.15) is 6.04 Å². The zero-order chi connectivity index (χ0) is 18.7. The molecule has 6 heteroatoms. The van der Waals surface area contributed by atoms with Gasteiger partial charge in [-0.3, -0.25) is 9.69 Å². The zero-order valence-electron chi connectivity index (χ0n) is 15.1. The highest BCUT2D eigenvalue weighted by Crippen LogP contribution is 2.25. The van der Waals surface area contributed by atoms with Crippen molar-refractivity contribution in [2.75, 3.05) is 13.6 Å². The van der Waals surface area contributed by atoms with Gasteiger partial charge >= 0.3 is 0 Å². The number of rotatable bonds is 6. The molecule has 0 bridgehead atoms. The standard InChI is InChI=1S/C20H24N2O3S/c1-3-22(2)19(16-8-5-4-6-9-16)20(23)21-26(24,25)18-13-12-15-10-7-11-17(15)14-18/h4-6,8-9,12-14,19H,3,7,10-11H2,1-2H3,(H,21,23). The summed E-state index contributed by atoms with van der Waals surface area (Å²) < 4.78 is 27.7. The van der Waals surface area contributed by atoms with Gasteiger partial charge in [-0.05, 0) is 61.7 Å². The number of benzene rings is 2. The maximum atomic E-state index is 12.8. The van der Waals surface area contributed by atoms with Gasteiger partial charge in [-0.15, -0.1) is 0 Å². The summed E-state index contributed by atoms with van der Waals surface area (Å²) in [5.74, 6) is -0.541. The Morgan fingerprint density at radius 3 is 2.50 bits per heavy atom. The molecule has 1 N–H and O–H groups in total. The first-order valence-corrected chi connectivity index (χ1v) is 10.3. The summed E-state index contributed by atoms with van der Waals surface area (Å²) in [5, 5.41) is 0. The number of likely N-dealkylation sites (N-methyl/N-ethyl adjacent to an activating group) is 1. The van der Waals surface area contributed by atoms with E-state index < -0.39 is 22.0 Å². The van der Waals surface area contributed by atoms with Crippen LogP contribution in [0.1, 0.15) is 36.1 Å². The normalized spacial score (nSPS) is 14.9. The molecule has 0 aliphatic heterocycles. The minimum atomic E-state index is -3.90. The highest BCUT2D eigenvalue weighted by Gasteiger charge is 2.29. The highest BCUT2D eigenvalue weighted by molar-refractivity contribution is 7.90. The molecule has 1 aliphatic rings. The van der Waals surface area contributed by atoms with Crippen LogP contribution in [0.5, 0.6) is 0 Å². The van der Waals surface area contributed by atoms with Crippen LogP contribution in [0.15, 0.2) is 53.4 Å². The second-order valence-electron chi connectivity index (χ2n) is 6.64. The van der Waals surface area contributed by atoms with Crippen molar-refractivity contribution in [3.63, 3.8) is 0 Å². The third-order valence-corrected chi connectivity index (χ3v) is 6.26. The number of amides is 1. The van der Waals surface area contributed by atoms with E-state index in [1.807, 2.05) is 48.2 Å². The van der Waals surface area contributed by atoms with Crippen LogP contribution in [0.25, 0.3) is 0 Å². The molecule has 138 valence electrons. The lowest BCUT2D eigenvalue weighted by atomic mass is 10.1. The molecule has 0 radical (unpaired) electrons. The van der Waals surface area contributed by atoms with Gasteiger partial charge in [0.15, 0.2) is 0 Å². The van der Waals surface area contributed by atoms with Gasteiger partial charge in [0.05, 0.1) is 4.90 Å². The summed E-state index contributed by atoms with van der Waals surface area (Å²) in [7, 11) is -2.10. The fraction of sp³-hybridized carbons (Fsp3) is 0.350. The average Bonchev–Trinajstić information content (AvgIpc) is 3.10. The molecule has 1 unspecified atom stereocenters. The van der Waals surface area contributed by atoms with Crippen molar-refractivity contribution in [2.24, 2.45) is 0 Å². The van der Waals surface area contributed by atoms with Gasteiger partial charge in [0, 0.05) is 0 Å². The van der Waals surface area contributed by atoms with Gasteiger partial charge in [0.25, 0.3) is 15.9 Å². The molecule has 1 atom stereocenters. The summed E-state index contributed by atoms with van der Waals surface area (Å²) >= 11 is 0. The average molecular weight is 372 g/mol. The molecule has 2 aromatic rings. The van der Waals surface area contributed by atoms with Gasteiger partial charge in [-0.1, -0.05) is 43.3 Å². The first-order chi connectivity index (χ1) is 12.4. The molecule has 1 amide bonds. The van der Waals surface area contributed by atoms with E-state index in [2.05, 4.69) is 4.72 Å². The topological polar surface area (TPSA) is 66.5 Å². The van der Waals surface area contributed by atoms with Crippen molar-refractivity contribution in [3.05, 3.63) is 65.2 Å². The van der Waals surface area contributed by atoms with Crippen molar-refractivity contribution in [1.29, 1.82) is 0 Å². The molecule has 5 nitrogen and oxygen atoms in total. The first-order valence-electron chi connectivity index (χ1n) is 8.86. The smallest absolute Gasteiger partial charge is 0.264 e. The molecule has 0 saturated carbocycles. The fourth-order valence-electron chi connectivity index (χ4n) is 3.39. The first kappa shape index (κ1) is 18.6. The molecule has 0 fully saturated rings. The Morgan fingerprint density at radius 2 is 1.81 bits per heavy atom. The third-order valence-electron chi connectivity index (χ3n) is 4.92. The summed E-state index contributed by atoms with van der Waals surface area (Å²) in [6.45, 7) is 2.55. The molecule has 3 rings (SSSR count). The lowest BCUT2D eigenvalue weighted by Gasteiger charge is -2.26. The molecule has 1 aliphatic carbocycles. The number of nitrogens with zero attached hydrogens (tertiary/aromatic N) is 1. The van der Waals surface area contributed by atoms with Crippen molar-refractivity contribution in [1.82, 2.24) is 9.62 Å². The van der Waals surface area contributed by atoms with Gasteiger partial charge in [-0.2, -0.15) is 0 Å². The van der Waals surface area contributed by atoms with Gasteiger partial charge < -0.3 is 0 Å². The number of carbonyl (C=O) groups is 1. The largest absolute Gasteiger partial charge is 0.292 e. The van der Waals surface area contributed by atoms with Crippen LogP contribution in [0.3, 0.4) is 0 Å². The summed E-state index contributed by atoms with van der Waals surface area (Å²) in [4.78, 5) is 14.8. The summed E-state index contributed by atoms with van der Waals surface area (Å²) in [6.07, 6.45) is 2.92. The van der Waals surface area contributed by atoms with Gasteiger partial charge in [0.2, 0.25) is 0 Å². The summed E-state index contributed by atoms with van der Waals surface area (Å²) in [5.41, 5.74) is 3.02. The van der Waals surface area contributed by atoms with E-state index in [1.165, 1.54) is 5.56 Å². The van der Waals surface area contributed by atoms with E-state index in [4.69, 9.17) is 0 Å². The van der Waals surface area contributed by atoms with Crippen LogP contribution < -0.4 is 4.72 Å². The van der Waals surface area contributed by atoms with E-state index in [-0.39, 0.29) is 4.90 Å². The molecule has 2 aromatic carbocycles.